The Morgan fingerprint density at radius 1 is 1.04 bits per heavy atom. The lowest BCUT2D eigenvalue weighted by molar-refractivity contribution is 0.168. The fourth-order valence-electron chi connectivity index (χ4n) is 3.21. The van der Waals surface area contributed by atoms with Crippen LogP contribution in [-0.4, -0.2) is 22.0 Å². The third-order valence-corrected chi connectivity index (χ3v) is 5.63. The average molecular weight is 391 g/mol. The summed E-state index contributed by atoms with van der Waals surface area (Å²) in [7, 11) is 1.64. The second kappa shape index (κ2) is 8.42. The molecule has 4 nitrogen and oxygen atoms in total. The zero-order valence-electron chi connectivity index (χ0n) is 15.7. The monoisotopic (exact) mass is 390 g/mol. The molecule has 1 unspecified atom stereocenters. The first-order chi connectivity index (χ1) is 13.7. The van der Waals surface area contributed by atoms with Gasteiger partial charge in [0, 0.05) is 6.20 Å². The van der Waals surface area contributed by atoms with Crippen LogP contribution in [0.2, 0.25) is 0 Å². The van der Waals surface area contributed by atoms with Crippen LogP contribution >= 0.6 is 11.3 Å². The van der Waals surface area contributed by atoms with Crippen molar-refractivity contribution in [3.63, 3.8) is 0 Å². The molecule has 2 heterocycles. The van der Waals surface area contributed by atoms with E-state index in [0.29, 0.717) is 6.42 Å². The van der Waals surface area contributed by atoms with Gasteiger partial charge in [-0.3, -0.25) is 0 Å². The van der Waals surface area contributed by atoms with Crippen LogP contribution in [-0.2, 0) is 6.42 Å². The predicted octanol–water partition coefficient (Wildman–Crippen LogP) is 5.28. The van der Waals surface area contributed by atoms with Crippen molar-refractivity contribution < 1.29 is 9.84 Å². The molecule has 142 valence electrons. The third-order valence-electron chi connectivity index (χ3n) is 4.75. The van der Waals surface area contributed by atoms with Crippen molar-refractivity contribution >= 4 is 11.3 Å². The normalized spacial score (nSPS) is 12.1. The van der Waals surface area contributed by atoms with Crippen LogP contribution in [0.3, 0.4) is 0 Å². The number of rotatable bonds is 7. The number of hydrogen-bond acceptors (Lipinski definition) is 4. The van der Waals surface area contributed by atoms with Crippen LogP contribution in [0, 0.1) is 0 Å². The zero-order chi connectivity index (χ0) is 19.3. The first-order valence-electron chi connectivity index (χ1n) is 9.24. The summed E-state index contributed by atoms with van der Waals surface area (Å²) in [6.07, 6.45) is 2.92. The second-order valence-corrected chi connectivity index (χ2v) is 7.54. The highest BCUT2D eigenvalue weighted by Gasteiger charge is 2.15. The van der Waals surface area contributed by atoms with Crippen molar-refractivity contribution in [3.05, 3.63) is 89.4 Å². The molecule has 0 saturated heterocycles. The minimum Gasteiger partial charge on any atom is -0.497 e. The highest BCUT2D eigenvalue weighted by molar-refractivity contribution is 7.13. The second-order valence-electron chi connectivity index (χ2n) is 6.59. The van der Waals surface area contributed by atoms with Crippen molar-refractivity contribution in [1.82, 2.24) is 9.78 Å². The topological polar surface area (TPSA) is 47.3 Å². The van der Waals surface area contributed by atoms with E-state index in [9.17, 15) is 5.11 Å². The van der Waals surface area contributed by atoms with Gasteiger partial charge in [-0.15, -0.1) is 11.3 Å². The summed E-state index contributed by atoms with van der Waals surface area (Å²) in [5.41, 5.74) is 4.05. The molecular formula is C23H22N2O2S. The number of benzene rings is 2. The van der Waals surface area contributed by atoms with Gasteiger partial charge in [0.25, 0.3) is 0 Å². The van der Waals surface area contributed by atoms with Crippen LogP contribution in [0.5, 0.6) is 5.75 Å². The number of nitrogens with zero attached hydrogens (tertiary/aromatic N) is 2. The molecule has 0 spiro atoms. The van der Waals surface area contributed by atoms with Gasteiger partial charge in [-0.05, 0) is 59.7 Å². The van der Waals surface area contributed by atoms with Gasteiger partial charge in [-0.2, -0.15) is 5.10 Å². The van der Waals surface area contributed by atoms with Gasteiger partial charge in [-0.25, -0.2) is 4.68 Å². The third kappa shape index (κ3) is 4.01. The fraction of sp³-hybridized carbons (Fsp3) is 0.174. The maximum atomic E-state index is 10.6. The summed E-state index contributed by atoms with van der Waals surface area (Å²) < 4.78 is 7.11. The standard InChI is InChI=1S/C23H22N2O2S/c1-27-20-12-9-17(10-13-20)21(26)14-11-18-16-25(19-6-3-2-4-7-19)24-23(18)22-8-5-15-28-22/h2-10,12-13,15-16,21,26H,11,14H2,1H3. The number of aromatic nitrogens is 2. The van der Waals surface area contributed by atoms with E-state index in [1.54, 1.807) is 18.4 Å². The summed E-state index contributed by atoms with van der Waals surface area (Å²) in [6, 6.07) is 21.8. The number of thiophene rings is 1. The fourth-order valence-corrected chi connectivity index (χ4v) is 3.96. The summed E-state index contributed by atoms with van der Waals surface area (Å²) in [5.74, 6) is 0.792. The van der Waals surface area contributed by atoms with Gasteiger partial charge in [0.2, 0.25) is 0 Å². The van der Waals surface area contributed by atoms with Gasteiger partial charge < -0.3 is 9.84 Å². The van der Waals surface area contributed by atoms with E-state index in [4.69, 9.17) is 9.84 Å². The molecule has 0 aliphatic heterocycles. The predicted molar refractivity (Wildman–Crippen MR) is 113 cm³/mol. The molecule has 5 heteroatoms. The number of methoxy groups -OCH3 is 1. The minimum atomic E-state index is -0.526. The summed E-state index contributed by atoms with van der Waals surface area (Å²) >= 11 is 1.68. The molecule has 28 heavy (non-hydrogen) atoms. The smallest absolute Gasteiger partial charge is 0.118 e. The minimum absolute atomic E-state index is 0.526. The Morgan fingerprint density at radius 3 is 2.50 bits per heavy atom. The Morgan fingerprint density at radius 2 is 1.82 bits per heavy atom. The van der Waals surface area contributed by atoms with E-state index < -0.39 is 6.10 Å². The number of ether oxygens (including phenoxy) is 1. The van der Waals surface area contributed by atoms with E-state index in [-0.39, 0.29) is 0 Å². The molecule has 4 aromatic rings. The molecule has 4 rings (SSSR count). The molecule has 0 radical (unpaired) electrons. The maximum Gasteiger partial charge on any atom is 0.118 e. The molecule has 0 aliphatic rings. The Hall–Kier alpha value is -2.89. The highest BCUT2D eigenvalue weighted by atomic mass is 32.1. The Labute approximate surface area is 168 Å². The Balaban J connectivity index is 1.56. The van der Waals surface area contributed by atoms with Crippen LogP contribution in [0.15, 0.2) is 78.3 Å². The maximum absolute atomic E-state index is 10.6. The van der Waals surface area contributed by atoms with Gasteiger partial charge in [0.05, 0.1) is 23.8 Å². The quantitative estimate of drug-likeness (QED) is 0.467. The number of para-hydroxylation sites is 1. The van der Waals surface area contributed by atoms with E-state index in [2.05, 4.69) is 17.6 Å². The average Bonchev–Trinajstić information content (AvgIpc) is 3.42. The Kier molecular flexibility index (Phi) is 5.55. The molecule has 0 amide bonds. The summed E-state index contributed by atoms with van der Waals surface area (Å²) in [6.45, 7) is 0. The first-order valence-corrected chi connectivity index (χ1v) is 10.1. The summed E-state index contributed by atoms with van der Waals surface area (Å²) in [4.78, 5) is 1.14. The first kappa shape index (κ1) is 18.5. The van der Waals surface area contributed by atoms with E-state index in [1.165, 1.54) is 0 Å². The van der Waals surface area contributed by atoms with Gasteiger partial charge >= 0.3 is 0 Å². The molecule has 0 aliphatic carbocycles. The Bertz CT molecular complexity index is 1010. The number of hydrogen-bond donors (Lipinski definition) is 1. The van der Waals surface area contributed by atoms with Crippen LogP contribution in [0.25, 0.3) is 16.3 Å². The molecule has 0 saturated carbocycles. The van der Waals surface area contributed by atoms with Crippen LogP contribution in [0.1, 0.15) is 23.7 Å². The van der Waals surface area contributed by atoms with Crippen LogP contribution in [0.4, 0.5) is 0 Å². The lowest BCUT2D eigenvalue weighted by Crippen LogP contribution is -2.00. The number of aliphatic hydroxyl groups is 1. The van der Waals surface area contributed by atoms with Crippen LogP contribution < -0.4 is 4.74 Å². The lowest BCUT2D eigenvalue weighted by atomic mass is 10.0. The van der Waals surface area contributed by atoms with Crippen molar-refractivity contribution in [1.29, 1.82) is 0 Å². The van der Waals surface area contributed by atoms with Crippen molar-refractivity contribution in [2.24, 2.45) is 0 Å². The molecule has 1 atom stereocenters. The van der Waals surface area contributed by atoms with E-state index >= 15 is 0 Å². The zero-order valence-corrected chi connectivity index (χ0v) is 16.5. The molecule has 0 bridgehead atoms. The van der Waals surface area contributed by atoms with Crippen molar-refractivity contribution in [3.8, 4) is 22.0 Å². The molecule has 0 fully saturated rings. The molecule has 2 aromatic carbocycles. The van der Waals surface area contributed by atoms with Gasteiger partial charge in [0.15, 0.2) is 0 Å². The van der Waals surface area contributed by atoms with Crippen molar-refractivity contribution in [2.45, 2.75) is 18.9 Å². The van der Waals surface area contributed by atoms with Crippen molar-refractivity contribution in [2.75, 3.05) is 7.11 Å². The molecule has 1 N–H and O–H groups in total. The van der Waals surface area contributed by atoms with E-state index in [1.807, 2.05) is 65.3 Å². The van der Waals surface area contributed by atoms with Gasteiger partial charge in [0.1, 0.15) is 11.4 Å². The molecule has 2 aromatic heterocycles. The SMILES string of the molecule is COc1ccc(C(O)CCc2cn(-c3ccccc3)nc2-c2cccs2)cc1. The number of aryl methyl sites for hydroxylation is 1. The summed E-state index contributed by atoms with van der Waals surface area (Å²) in [5, 5.41) is 17.5. The largest absolute Gasteiger partial charge is 0.497 e. The lowest BCUT2D eigenvalue weighted by Gasteiger charge is -2.11. The van der Waals surface area contributed by atoms with E-state index in [0.717, 1.165) is 39.6 Å². The van der Waals surface area contributed by atoms with Gasteiger partial charge in [-0.1, -0.05) is 36.4 Å². The highest BCUT2D eigenvalue weighted by Crippen LogP contribution is 2.30. The number of aliphatic hydroxyl groups excluding tert-OH is 1. The molecular weight excluding hydrogens is 368 g/mol.